The minimum Gasteiger partial charge on any atom is -0.388 e. The first-order chi connectivity index (χ1) is 9.09. The normalized spacial score (nSPS) is 18.8. The van der Waals surface area contributed by atoms with E-state index >= 15 is 0 Å². The minimum absolute atomic E-state index is 0.276. The molecule has 0 amide bonds. The molecule has 1 aliphatic rings. The van der Waals surface area contributed by atoms with Gasteiger partial charge in [-0.2, -0.15) is 0 Å². The second-order valence-electron chi connectivity index (χ2n) is 6.21. The molecular weight excluding hydrogens is 234 g/mol. The van der Waals surface area contributed by atoms with E-state index in [4.69, 9.17) is 0 Å². The molecule has 1 fully saturated rings. The largest absolute Gasteiger partial charge is 0.388 e. The van der Waals surface area contributed by atoms with E-state index in [1.807, 2.05) is 0 Å². The molecule has 1 N–H and O–H groups in total. The topological polar surface area (TPSA) is 23.5 Å². The summed E-state index contributed by atoms with van der Waals surface area (Å²) in [6.07, 6.45) is 5.97. The van der Waals surface area contributed by atoms with Gasteiger partial charge in [0.15, 0.2) is 0 Å². The van der Waals surface area contributed by atoms with Gasteiger partial charge in [-0.3, -0.25) is 0 Å². The molecule has 1 unspecified atom stereocenters. The fourth-order valence-corrected chi connectivity index (χ4v) is 3.24. The van der Waals surface area contributed by atoms with Gasteiger partial charge in [0.25, 0.3) is 0 Å². The molecule has 1 saturated carbocycles. The molecule has 1 aromatic carbocycles. The standard InChI is InChI=1S/C17H27NO/c1-13-15(12-18(2)3)10-7-11-16(13)17(19)14-8-5-4-6-9-14/h7,10-11,14,17,19H,4-6,8-9,12H2,1-3H3. The Balaban J connectivity index is 2.18. The van der Waals surface area contributed by atoms with Crippen LogP contribution in [0.25, 0.3) is 0 Å². The number of aliphatic hydroxyl groups is 1. The molecular formula is C17H27NO. The van der Waals surface area contributed by atoms with Gasteiger partial charge in [-0.1, -0.05) is 37.5 Å². The Morgan fingerprint density at radius 3 is 2.53 bits per heavy atom. The van der Waals surface area contributed by atoms with Crippen LogP contribution >= 0.6 is 0 Å². The molecule has 106 valence electrons. The Kier molecular flexibility index (Phi) is 5.00. The van der Waals surface area contributed by atoms with Crippen molar-refractivity contribution < 1.29 is 5.11 Å². The highest BCUT2D eigenvalue weighted by Crippen LogP contribution is 2.36. The van der Waals surface area contributed by atoms with Crippen molar-refractivity contribution in [3.63, 3.8) is 0 Å². The van der Waals surface area contributed by atoms with Crippen molar-refractivity contribution in [3.8, 4) is 0 Å². The van der Waals surface area contributed by atoms with Crippen molar-refractivity contribution in [3.05, 3.63) is 34.9 Å². The van der Waals surface area contributed by atoms with Gasteiger partial charge in [-0.05, 0) is 56.5 Å². The van der Waals surface area contributed by atoms with E-state index in [1.165, 1.54) is 43.2 Å². The van der Waals surface area contributed by atoms with Crippen LogP contribution in [0.2, 0.25) is 0 Å². The summed E-state index contributed by atoms with van der Waals surface area (Å²) >= 11 is 0. The maximum absolute atomic E-state index is 10.7. The highest BCUT2D eigenvalue weighted by molar-refractivity contribution is 5.35. The van der Waals surface area contributed by atoms with Crippen molar-refractivity contribution in [1.82, 2.24) is 4.90 Å². The molecule has 1 atom stereocenters. The van der Waals surface area contributed by atoms with Gasteiger partial charge in [0.1, 0.15) is 0 Å². The van der Waals surface area contributed by atoms with Crippen LogP contribution < -0.4 is 0 Å². The van der Waals surface area contributed by atoms with Gasteiger partial charge in [0.2, 0.25) is 0 Å². The summed E-state index contributed by atoms with van der Waals surface area (Å²) < 4.78 is 0. The van der Waals surface area contributed by atoms with Crippen molar-refractivity contribution >= 4 is 0 Å². The minimum atomic E-state index is -0.276. The lowest BCUT2D eigenvalue weighted by Crippen LogP contribution is -2.18. The molecule has 0 heterocycles. The van der Waals surface area contributed by atoms with E-state index in [0.717, 1.165) is 12.1 Å². The SMILES string of the molecule is Cc1c(CN(C)C)cccc1C(O)C1CCCCC1. The zero-order valence-electron chi connectivity index (χ0n) is 12.5. The molecule has 1 aromatic rings. The third-order valence-corrected chi connectivity index (χ3v) is 4.39. The predicted octanol–water partition coefficient (Wildman–Crippen LogP) is 3.67. The maximum atomic E-state index is 10.7. The third-order valence-electron chi connectivity index (χ3n) is 4.39. The van der Waals surface area contributed by atoms with Gasteiger partial charge in [-0.25, -0.2) is 0 Å². The molecule has 0 aromatic heterocycles. The van der Waals surface area contributed by atoms with E-state index < -0.39 is 0 Å². The van der Waals surface area contributed by atoms with Crippen LogP contribution in [0, 0.1) is 12.8 Å². The molecule has 0 radical (unpaired) electrons. The molecule has 0 spiro atoms. The predicted molar refractivity (Wildman–Crippen MR) is 80.1 cm³/mol. The summed E-state index contributed by atoms with van der Waals surface area (Å²) in [5, 5.41) is 10.7. The molecule has 1 aliphatic carbocycles. The van der Waals surface area contributed by atoms with Crippen LogP contribution in [0.4, 0.5) is 0 Å². The van der Waals surface area contributed by atoms with Gasteiger partial charge in [0.05, 0.1) is 6.10 Å². The molecule has 0 aliphatic heterocycles. The first-order valence-corrected chi connectivity index (χ1v) is 7.50. The quantitative estimate of drug-likeness (QED) is 0.894. The van der Waals surface area contributed by atoms with Crippen molar-refractivity contribution in [2.75, 3.05) is 14.1 Å². The Hall–Kier alpha value is -0.860. The van der Waals surface area contributed by atoms with E-state index in [2.05, 4.69) is 44.1 Å². The first kappa shape index (κ1) is 14.5. The van der Waals surface area contributed by atoms with E-state index in [1.54, 1.807) is 0 Å². The van der Waals surface area contributed by atoms with Crippen LogP contribution in [-0.4, -0.2) is 24.1 Å². The van der Waals surface area contributed by atoms with Crippen LogP contribution in [0.3, 0.4) is 0 Å². The monoisotopic (exact) mass is 261 g/mol. The number of nitrogens with zero attached hydrogens (tertiary/aromatic N) is 1. The average molecular weight is 261 g/mol. The Morgan fingerprint density at radius 2 is 1.89 bits per heavy atom. The van der Waals surface area contributed by atoms with Gasteiger partial charge >= 0.3 is 0 Å². The Bertz CT molecular complexity index is 408. The molecule has 19 heavy (non-hydrogen) atoms. The third kappa shape index (κ3) is 3.58. The van der Waals surface area contributed by atoms with Crippen LogP contribution in [-0.2, 0) is 6.54 Å². The summed E-state index contributed by atoms with van der Waals surface area (Å²) in [5.41, 5.74) is 3.75. The smallest absolute Gasteiger partial charge is 0.0820 e. The number of aliphatic hydroxyl groups excluding tert-OH is 1. The van der Waals surface area contributed by atoms with E-state index in [0.29, 0.717) is 5.92 Å². The number of hydrogen-bond donors (Lipinski definition) is 1. The van der Waals surface area contributed by atoms with Crippen LogP contribution in [0.1, 0.15) is 54.9 Å². The lowest BCUT2D eigenvalue weighted by atomic mass is 9.81. The van der Waals surface area contributed by atoms with Crippen LogP contribution in [0.15, 0.2) is 18.2 Å². The number of rotatable bonds is 4. The zero-order valence-corrected chi connectivity index (χ0v) is 12.5. The molecule has 2 rings (SSSR count). The molecule has 2 nitrogen and oxygen atoms in total. The van der Waals surface area contributed by atoms with Crippen LogP contribution in [0.5, 0.6) is 0 Å². The summed E-state index contributed by atoms with van der Waals surface area (Å²) in [5.74, 6) is 0.460. The molecule has 2 heteroatoms. The highest BCUT2D eigenvalue weighted by atomic mass is 16.3. The second-order valence-corrected chi connectivity index (χ2v) is 6.21. The maximum Gasteiger partial charge on any atom is 0.0820 e. The van der Waals surface area contributed by atoms with E-state index in [-0.39, 0.29) is 6.10 Å². The first-order valence-electron chi connectivity index (χ1n) is 7.50. The molecule has 0 bridgehead atoms. The Labute approximate surface area is 117 Å². The molecule has 0 saturated heterocycles. The summed E-state index contributed by atoms with van der Waals surface area (Å²) in [4.78, 5) is 2.18. The van der Waals surface area contributed by atoms with E-state index in [9.17, 15) is 5.11 Å². The van der Waals surface area contributed by atoms with Crippen molar-refractivity contribution in [1.29, 1.82) is 0 Å². The lowest BCUT2D eigenvalue weighted by Gasteiger charge is -2.28. The fourth-order valence-electron chi connectivity index (χ4n) is 3.24. The number of hydrogen-bond acceptors (Lipinski definition) is 2. The fraction of sp³-hybridized carbons (Fsp3) is 0.647. The lowest BCUT2D eigenvalue weighted by molar-refractivity contribution is 0.0842. The Morgan fingerprint density at radius 1 is 1.21 bits per heavy atom. The summed E-state index contributed by atoms with van der Waals surface area (Å²) in [7, 11) is 4.17. The van der Waals surface area contributed by atoms with Crippen molar-refractivity contribution in [2.24, 2.45) is 5.92 Å². The zero-order chi connectivity index (χ0) is 13.8. The second kappa shape index (κ2) is 6.53. The average Bonchev–Trinajstić information content (AvgIpc) is 2.41. The van der Waals surface area contributed by atoms with Gasteiger partial charge in [0, 0.05) is 6.54 Å². The van der Waals surface area contributed by atoms with Gasteiger partial charge < -0.3 is 10.0 Å². The summed E-state index contributed by atoms with van der Waals surface area (Å²) in [6.45, 7) is 3.09. The summed E-state index contributed by atoms with van der Waals surface area (Å²) in [6, 6.07) is 6.37. The van der Waals surface area contributed by atoms with Gasteiger partial charge in [-0.15, -0.1) is 0 Å². The highest BCUT2D eigenvalue weighted by Gasteiger charge is 2.24. The van der Waals surface area contributed by atoms with Crippen molar-refractivity contribution in [2.45, 2.75) is 51.7 Å². The number of benzene rings is 1.